The van der Waals surface area contributed by atoms with Crippen molar-refractivity contribution < 1.29 is 4.92 Å². The minimum Gasteiger partial charge on any atom is -0.258 e. The van der Waals surface area contributed by atoms with E-state index >= 15 is 0 Å². The summed E-state index contributed by atoms with van der Waals surface area (Å²) in [5, 5.41) is 20.3. The minimum atomic E-state index is -0.555. The van der Waals surface area contributed by atoms with Gasteiger partial charge in [0.2, 0.25) is 0 Å². The highest BCUT2D eigenvalue weighted by Gasteiger charge is 2.14. The fourth-order valence-corrected chi connectivity index (χ4v) is 2.65. The van der Waals surface area contributed by atoms with Crippen LogP contribution in [0.4, 0.5) is 5.69 Å². The maximum absolute atomic E-state index is 10.9. The van der Waals surface area contributed by atoms with Crippen LogP contribution in [-0.4, -0.2) is 4.92 Å². The first kappa shape index (κ1) is 13.4. The minimum absolute atomic E-state index is 0.0560. The van der Waals surface area contributed by atoms with Crippen molar-refractivity contribution in [2.45, 2.75) is 9.79 Å². The highest BCUT2D eigenvalue weighted by atomic mass is 35.5. The Morgan fingerprint density at radius 2 is 1.95 bits per heavy atom. The Morgan fingerprint density at radius 1 is 1.21 bits per heavy atom. The van der Waals surface area contributed by atoms with Crippen molar-refractivity contribution in [3.63, 3.8) is 0 Å². The standard InChI is InChI=1S/C13H7ClN2O2S/c14-10-2-1-3-11(6-10)19-12-5-4-9(8-15)13(7-12)16(17)18/h1-7H. The molecule has 0 bridgehead atoms. The summed E-state index contributed by atoms with van der Waals surface area (Å²) >= 11 is 7.23. The normalized spacial score (nSPS) is 9.89. The first-order valence-corrected chi connectivity index (χ1v) is 6.41. The van der Waals surface area contributed by atoms with Crippen molar-refractivity contribution in [1.82, 2.24) is 0 Å². The molecular weight excluding hydrogens is 284 g/mol. The van der Waals surface area contributed by atoms with Crippen LogP contribution in [-0.2, 0) is 0 Å². The van der Waals surface area contributed by atoms with E-state index in [9.17, 15) is 10.1 Å². The molecule has 0 aliphatic heterocycles. The lowest BCUT2D eigenvalue weighted by atomic mass is 10.2. The zero-order chi connectivity index (χ0) is 13.8. The Labute approximate surface area is 118 Å². The molecule has 0 spiro atoms. The van der Waals surface area contributed by atoms with Crippen molar-refractivity contribution in [2.75, 3.05) is 0 Å². The van der Waals surface area contributed by atoms with E-state index < -0.39 is 4.92 Å². The first-order valence-electron chi connectivity index (χ1n) is 5.22. The van der Waals surface area contributed by atoms with E-state index in [0.717, 1.165) is 4.90 Å². The molecule has 0 radical (unpaired) electrons. The van der Waals surface area contributed by atoms with Crippen LogP contribution in [0.5, 0.6) is 0 Å². The molecule has 0 aliphatic rings. The summed E-state index contributed by atoms with van der Waals surface area (Å²) in [5.74, 6) is 0. The predicted molar refractivity (Wildman–Crippen MR) is 73.4 cm³/mol. The van der Waals surface area contributed by atoms with E-state index in [1.54, 1.807) is 24.3 Å². The zero-order valence-electron chi connectivity index (χ0n) is 9.54. The van der Waals surface area contributed by atoms with Gasteiger partial charge in [-0.2, -0.15) is 5.26 Å². The summed E-state index contributed by atoms with van der Waals surface area (Å²) in [6.45, 7) is 0. The molecule has 0 aliphatic carbocycles. The average molecular weight is 291 g/mol. The quantitative estimate of drug-likeness (QED) is 0.625. The first-order chi connectivity index (χ1) is 9.10. The molecule has 0 unspecified atom stereocenters. The van der Waals surface area contributed by atoms with E-state index in [1.807, 2.05) is 12.1 Å². The van der Waals surface area contributed by atoms with Gasteiger partial charge in [0, 0.05) is 20.9 Å². The van der Waals surface area contributed by atoms with Gasteiger partial charge in [0.05, 0.1) is 4.92 Å². The summed E-state index contributed by atoms with van der Waals surface area (Å²) in [4.78, 5) is 11.9. The van der Waals surface area contributed by atoms with Crippen LogP contribution in [0, 0.1) is 21.4 Å². The van der Waals surface area contributed by atoms with Gasteiger partial charge < -0.3 is 0 Å². The zero-order valence-corrected chi connectivity index (χ0v) is 11.1. The number of benzene rings is 2. The van der Waals surface area contributed by atoms with Gasteiger partial charge in [-0.1, -0.05) is 29.4 Å². The third-order valence-corrected chi connectivity index (χ3v) is 3.53. The number of nitro benzene ring substituents is 1. The molecule has 94 valence electrons. The Bertz CT molecular complexity index is 683. The molecule has 6 heteroatoms. The highest BCUT2D eigenvalue weighted by molar-refractivity contribution is 7.99. The van der Waals surface area contributed by atoms with Gasteiger partial charge in [-0.05, 0) is 30.3 Å². The van der Waals surface area contributed by atoms with Crippen LogP contribution in [0.25, 0.3) is 0 Å². The van der Waals surface area contributed by atoms with Crippen LogP contribution in [0.3, 0.4) is 0 Å². The molecule has 0 aromatic heterocycles. The molecular formula is C13H7ClN2O2S. The number of nitrogens with zero attached hydrogens (tertiary/aromatic N) is 2. The van der Waals surface area contributed by atoms with Gasteiger partial charge in [-0.3, -0.25) is 10.1 Å². The largest absolute Gasteiger partial charge is 0.288 e. The van der Waals surface area contributed by atoms with Crippen LogP contribution in [0.2, 0.25) is 5.02 Å². The van der Waals surface area contributed by atoms with E-state index in [1.165, 1.54) is 23.9 Å². The topological polar surface area (TPSA) is 66.9 Å². The monoisotopic (exact) mass is 290 g/mol. The van der Waals surface area contributed by atoms with Gasteiger partial charge in [-0.15, -0.1) is 0 Å². The molecule has 2 aromatic carbocycles. The SMILES string of the molecule is N#Cc1ccc(Sc2cccc(Cl)c2)cc1[N+](=O)[O-]. The molecule has 0 N–H and O–H groups in total. The number of hydrogen-bond acceptors (Lipinski definition) is 4. The highest BCUT2D eigenvalue weighted by Crippen LogP contribution is 2.32. The van der Waals surface area contributed by atoms with Crippen molar-refractivity contribution >= 4 is 29.1 Å². The molecule has 0 saturated carbocycles. The van der Waals surface area contributed by atoms with Crippen LogP contribution in [0.15, 0.2) is 52.3 Å². The van der Waals surface area contributed by atoms with E-state index in [2.05, 4.69) is 0 Å². The average Bonchev–Trinajstić information content (AvgIpc) is 2.38. The second-order valence-electron chi connectivity index (χ2n) is 3.61. The van der Waals surface area contributed by atoms with Crippen molar-refractivity contribution in [2.24, 2.45) is 0 Å². The van der Waals surface area contributed by atoms with E-state index in [-0.39, 0.29) is 11.3 Å². The lowest BCUT2D eigenvalue weighted by molar-refractivity contribution is -0.385. The molecule has 4 nitrogen and oxygen atoms in total. The van der Waals surface area contributed by atoms with E-state index in [0.29, 0.717) is 9.92 Å². The number of nitriles is 1. The van der Waals surface area contributed by atoms with Crippen LogP contribution >= 0.6 is 23.4 Å². The summed E-state index contributed by atoms with van der Waals surface area (Å²) < 4.78 is 0. The smallest absolute Gasteiger partial charge is 0.258 e. The number of halogens is 1. The molecule has 19 heavy (non-hydrogen) atoms. The number of nitro groups is 1. The second-order valence-corrected chi connectivity index (χ2v) is 5.19. The fourth-order valence-electron chi connectivity index (χ4n) is 1.49. The number of rotatable bonds is 3. The lowest BCUT2D eigenvalue weighted by Crippen LogP contribution is -1.92. The van der Waals surface area contributed by atoms with Crippen molar-refractivity contribution in [3.05, 3.63) is 63.2 Å². The van der Waals surface area contributed by atoms with Gasteiger partial charge in [0.15, 0.2) is 0 Å². The van der Waals surface area contributed by atoms with E-state index in [4.69, 9.17) is 16.9 Å². The Balaban J connectivity index is 2.34. The fraction of sp³-hybridized carbons (Fsp3) is 0. The summed E-state index contributed by atoms with van der Waals surface area (Å²) in [6.07, 6.45) is 0. The molecule has 0 fully saturated rings. The van der Waals surface area contributed by atoms with Crippen LogP contribution < -0.4 is 0 Å². The maximum Gasteiger partial charge on any atom is 0.288 e. The van der Waals surface area contributed by atoms with Gasteiger partial charge in [-0.25, -0.2) is 0 Å². The second kappa shape index (κ2) is 5.74. The maximum atomic E-state index is 10.9. The summed E-state index contributed by atoms with van der Waals surface area (Å²) in [5.41, 5.74) is -0.130. The lowest BCUT2D eigenvalue weighted by Gasteiger charge is -2.03. The van der Waals surface area contributed by atoms with Gasteiger partial charge in [0.1, 0.15) is 11.6 Å². The predicted octanol–water partition coefficient (Wildman–Crippen LogP) is 4.27. The molecule has 0 atom stereocenters. The molecule has 0 amide bonds. The van der Waals surface area contributed by atoms with Crippen molar-refractivity contribution in [1.29, 1.82) is 5.26 Å². The molecule has 2 aromatic rings. The van der Waals surface area contributed by atoms with Gasteiger partial charge in [0.25, 0.3) is 5.69 Å². The molecule has 0 saturated heterocycles. The third kappa shape index (κ3) is 3.25. The number of hydrogen-bond donors (Lipinski definition) is 0. The van der Waals surface area contributed by atoms with Crippen LogP contribution in [0.1, 0.15) is 5.56 Å². The molecule has 2 rings (SSSR count). The summed E-state index contributed by atoms with van der Waals surface area (Å²) in [7, 11) is 0. The Kier molecular flexibility index (Phi) is 4.05. The Hall–Kier alpha value is -2.03. The third-order valence-electron chi connectivity index (χ3n) is 2.32. The van der Waals surface area contributed by atoms with Gasteiger partial charge >= 0.3 is 0 Å². The van der Waals surface area contributed by atoms with Crippen molar-refractivity contribution in [3.8, 4) is 6.07 Å². The summed E-state index contributed by atoms with van der Waals surface area (Å²) in [6, 6.07) is 13.5. The Morgan fingerprint density at radius 3 is 2.58 bits per heavy atom. The molecule has 0 heterocycles.